The Bertz CT molecular complexity index is 1590. The molecule has 0 amide bonds. The van der Waals surface area contributed by atoms with Crippen molar-refractivity contribution in [2.24, 2.45) is 0 Å². The lowest BCUT2D eigenvalue weighted by atomic mass is 9.99. The third-order valence-corrected chi connectivity index (χ3v) is 9.26. The number of aliphatic hydroxyl groups is 1. The SMILES string of the molecule is C[C@@H]1O[C@@H](O[C@@H]2C[C@@H](O[C@@H]3C[C@@H](O)O[C@H](C)[C@H]3OC(=O)c3ccccc3)O[C@H](C)[C@H]2OC(=O)c2ccccc2)CC[C@@H]1OC(=O)c1ccccc1. The normalized spacial score (nSPS) is 32.4. The smallest absolute Gasteiger partial charge is 0.338 e. The fraction of sp³-hybridized carbons (Fsp3) is 0.462. The van der Waals surface area contributed by atoms with E-state index in [0.717, 1.165) is 0 Å². The number of esters is 3. The van der Waals surface area contributed by atoms with E-state index in [2.05, 4.69) is 0 Å². The Morgan fingerprint density at radius 2 is 0.961 bits per heavy atom. The summed E-state index contributed by atoms with van der Waals surface area (Å²) in [5, 5.41) is 10.5. The zero-order chi connectivity index (χ0) is 35.9. The summed E-state index contributed by atoms with van der Waals surface area (Å²) in [4.78, 5) is 38.9. The third kappa shape index (κ3) is 9.39. The fourth-order valence-corrected chi connectivity index (χ4v) is 6.60. The highest BCUT2D eigenvalue weighted by molar-refractivity contribution is 5.90. The maximum atomic E-state index is 13.2. The molecule has 51 heavy (non-hydrogen) atoms. The molecule has 3 aromatic rings. The van der Waals surface area contributed by atoms with Crippen molar-refractivity contribution < 1.29 is 57.4 Å². The van der Waals surface area contributed by atoms with Gasteiger partial charge in [-0.25, -0.2) is 14.4 Å². The van der Waals surface area contributed by atoms with E-state index in [1.807, 2.05) is 13.0 Å². The monoisotopic (exact) mass is 704 g/mol. The van der Waals surface area contributed by atoms with Crippen LogP contribution >= 0.6 is 0 Å². The molecule has 3 aliphatic heterocycles. The molecule has 272 valence electrons. The molecule has 6 rings (SSSR count). The minimum Gasteiger partial charge on any atom is -0.456 e. The first-order valence-electron chi connectivity index (χ1n) is 17.4. The Morgan fingerprint density at radius 1 is 0.529 bits per heavy atom. The van der Waals surface area contributed by atoms with Crippen molar-refractivity contribution in [3.63, 3.8) is 0 Å². The van der Waals surface area contributed by atoms with Crippen LogP contribution in [0.25, 0.3) is 0 Å². The van der Waals surface area contributed by atoms with Crippen molar-refractivity contribution in [3.8, 4) is 0 Å². The third-order valence-electron chi connectivity index (χ3n) is 9.26. The lowest BCUT2D eigenvalue weighted by molar-refractivity contribution is -0.320. The lowest BCUT2D eigenvalue weighted by Crippen LogP contribution is -2.56. The van der Waals surface area contributed by atoms with Gasteiger partial charge in [0.1, 0.15) is 18.3 Å². The van der Waals surface area contributed by atoms with Crippen molar-refractivity contribution in [1.82, 2.24) is 0 Å². The zero-order valence-electron chi connectivity index (χ0n) is 28.8. The average molecular weight is 705 g/mol. The molecular weight excluding hydrogens is 660 g/mol. The number of rotatable bonds is 10. The molecule has 0 aromatic heterocycles. The highest BCUT2D eigenvalue weighted by Crippen LogP contribution is 2.34. The Morgan fingerprint density at radius 3 is 1.47 bits per heavy atom. The number of hydrogen-bond acceptors (Lipinski definition) is 12. The van der Waals surface area contributed by atoms with Gasteiger partial charge in [0.25, 0.3) is 0 Å². The number of carbonyl (C=O) groups excluding carboxylic acids is 3. The largest absolute Gasteiger partial charge is 0.456 e. The molecule has 3 heterocycles. The van der Waals surface area contributed by atoms with Crippen LogP contribution in [0, 0.1) is 0 Å². The van der Waals surface area contributed by atoms with Crippen molar-refractivity contribution in [2.75, 3.05) is 0 Å². The van der Waals surface area contributed by atoms with E-state index in [0.29, 0.717) is 29.5 Å². The molecule has 0 unspecified atom stereocenters. The Balaban J connectivity index is 1.15. The van der Waals surface area contributed by atoms with Gasteiger partial charge in [-0.15, -0.1) is 0 Å². The van der Waals surface area contributed by atoms with E-state index >= 15 is 0 Å². The molecule has 0 bridgehead atoms. The van der Waals surface area contributed by atoms with Crippen LogP contribution in [0.15, 0.2) is 91.0 Å². The first kappa shape index (κ1) is 36.6. The molecule has 0 spiro atoms. The molecule has 12 nitrogen and oxygen atoms in total. The molecule has 0 radical (unpaired) electrons. The second kappa shape index (κ2) is 16.9. The average Bonchev–Trinajstić information content (AvgIpc) is 3.13. The van der Waals surface area contributed by atoms with Gasteiger partial charge in [0.2, 0.25) is 0 Å². The van der Waals surface area contributed by atoms with Gasteiger partial charge >= 0.3 is 17.9 Å². The second-order valence-corrected chi connectivity index (χ2v) is 13.0. The molecule has 12 heteroatoms. The second-order valence-electron chi connectivity index (χ2n) is 13.0. The molecule has 3 saturated heterocycles. The topological polar surface area (TPSA) is 145 Å². The highest BCUT2D eigenvalue weighted by Gasteiger charge is 2.47. The highest BCUT2D eigenvalue weighted by atomic mass is 16.7. The Hall–Kier alpha value is -4.17. The van der Waals surface area contributed by atoms with Crippen LogP contribution in [0.4, 0.5) is 0 Å². The minimum atomic E-state index is -1.15. The maximum Gasteiger partial charge on any atom is 0.338 e. The van der Waals surface area contributed by atoms with Gasteiger partial charge in [-0.1, -0.05) is 54.6 Å². The van der Waals surface area contributed by atoms with Gasteiger partial charge in [0.05, 0.1) is 35.0 Å². The van der Waals surface area contributed by atoms with Gasteiger partial charge in [-0.2, -0.15) is 0 Å². The van der Waals surface area contributed by atoms with Crippen LogP contribution in [0.2, 0.25) is 0 Å². The standard InChI is InChI=1S/C39H44O12/c1-23-29(49-37(41)26-13-7-4-8-14-26)19-20-33(45-23)47-31-22-34(46-25(3)36(31)51-39(43)28-17-11-6-12-18-28)48-30-21-32(40)44-24(2)35(30)50-38(42)27-15-9-5-10-16-27/h4-18,23-25,29-36,40H,19-22H2,1-3H3/t23-,24+,25+,29-,30+,31+,32-,33-,34+,35+,36+/m0/s1. The van der Waals surface area contributed by atoms with Crippen LogP contribution < -0.4 is 0 Å². The van der Waals surface area contributed by atoms with Crippen molar-refractivity contribution >= 4 is 17.9 Å². The summed E-state index contributed by atoms with van der Waals surface area (Å²) in [6.45, 7) is 5.27. The lowest BCUT2D eigenvalue weighted by Gasteiger charge is -2.44. The van der Waals surface area contributed by atoms with Crippen LogP contribution in [-0.4, -0.2) is 90.7 Å². The number of aliphatic hydroxyl groups excluding tert-OH is 1. The summed E-state index contributed by atoms with van der Waals surface area (Å²) < 4.78 is 48.6. The van der Waals surface area contributed by atoms with E-state index in [9.17, 15) is 19.5 Å². The first-order valence-corrected chi connectivity index (χ1v) is 17.4. The van der Waals surface area contributed by atoms with Crippen LogP contribution in [0.3, 0.4) is 0 Å². The van der Waals surface area contributed by atoms with E-state index in [1.165, 1.54) is 0 Å². The first-order chi connectivity index (χ1) is 24.6. The van der Waals surface area contributed by atoms with Gasteiger partial charge < -0.3 is 43.0 Å². The van der Waals surface area contributed by atoms with Crippen molar-refractivity contribution in [2.45, 2.75) is 114 Å². The van der Waals surface area contributed by atoms with E-state index in [1.54, 1.807) is 98.8 Å². The minimum absolute atomic E-state index is 0.0234. The fourth-order valence-electron chi connectivity index (χ4n) is 6.60. The van der Waals surface area contributed by atoms with Gasteiger partial charge in [-0.3, -0.25) is 0 Å². The Kier molecular flexibility index (Phi) is 12.1. The summed E-state index contributed by atoms with van der Waals surface area (Å²) in [7, 11) is 0. The van der Waals surface area contributed by atoms with E-state index in [4.69, 9.17) is 37.9 Å². The van der Waals surface area contributed by atoms with Gasteiger partial charge in [0.15, 0.2) is 31.1 Å². The molecule has 3 aliphatic rings. The summed E-state index contributed by atoms with van der Waals surface area (Å²) >= 11 is 0. The predicted molar refractivity (Wildman–Crippen MR) is 180 cm³/mol. The van der Waals surface area contributed by atoms with Crippen molar-refractivity contribution in [3.05, 3.63) is 108 Å². The number of benzene rings is 3. The summed E-state index contributed by atoms with van der Waals surface area (Å²) in [5.74, 6) is -1.52. The molecule has 3 fully saturated rings. The molecule has 0 aliphatic carbocycles. The summed E-state index contributed by atoms with van der Waals surface area (Å²) in [5.41, 5.74) is 1.20. The molecular formula is C39H44O12. The van der Waals surface area contributed by atoms with Crippen LogP contribution in [0.1, 0.15) is 77.5 Å². The molecule has 11 atom stereocenters. The quantitative estimate of drug-likeness (QED) is 0.218. The number of carbonyl (C=O) groups is 3. The van der Waals surface area contributed by atoms with E-state index in [-0.39, 0.29) is 12.8 Å². The Labute approximate surface area is 296 Å². The number of hydrogen-bond donors (Lipinski definition) is 1. The summed E-state index contributed by atoms with van der Waals surface area (Å²) in [6.07, 6.45) is -7.23. The van der Waals surface area contributed by atoms with Crippen LogP contribution in [0.5, 0.6) is 0 Å². The maximum absolute atomic E-state index is 13.2. The predicted octanol–water partition coefficient (Wildman–Crippen LogP) is 5.22. The van der Waals surface area contributed by atoms with Crippen LogP contribution in [-0.2, 0) is 37.9 Å². The molecule has 0 saturated carbocycles. The number of ether oxygens (including phenoxy) is 8. The molecule has 1 N–H and O–H groups in total. The zero-order valence-corrected chi connectivity index (χ0v) is 28.8. The molecule has 3 aromatic carbocycles. The van der Waals surface area contributed by atoms with Crippen molar-refractivity contribution in [1.29, 1.82) is 0 Å². The van der Waals surface area contributed by atoms with Gasteiger partial charge in [-0.05, 0) is 63.6 Å². The van der Waals surface area contributed by atoms with Gasteiger partial charge in [0, 0.05) is 19.3 Å². The van der Waals surface area contributed by atoms with E-state index < -0.39 is 85.6 Å². The summed E-state index contributed by atoms with van der Waals surface area (Å²) in [6, 6.07) is 26.0.